The highest BCUT2D eigenvalue weighted by Gasteiger charge is 2.28. The lowest BCUT2D eigenvalue weighted by Crippen LogP contribution is -2.17. The molecule has 0 amide bonds. The number of hydrogen-bond donors (Lipinski definition) is 0. The van der Waals surface area contributed by atoms with Crippen LogP contribution in [-0.4, -0.2) is 4.57 Å². The Morgan fingerprint density at radius 2 is 0.964 bits per heavy atom. The summed E-state index contributed by atoms with van der Waals surface area (Å²) in [6.45, 7) is 0. The Morgan fingerprint density at radius 1 is 0.393 bits per heavy atom. The highest BCUT2D eigenvalue weighted by Crippen LogP contribution is 2.52. The zero-order valence-corrected chi connectivity index (χ0v) is 31.1. The molecule has 56 heavy (non-hydrogen) atoms. The molecule has 13 rings (SSSR count). The first-order valence-electron chi connectivity index (χ1n) is 20.3. The Morgan fingerprint density at radius 3 is 1.68 bits per heavy atom. The normalized spacial score (nSPS) is 14.0. The highest BCUT2D eigenvalue weighted by molar-refractivity contribution is 6.13. The van der Waals surface area contributed by atoms with Crippen LogP contribution in [0.2, 0.25) is 0 Å². The van der Waals surface area contributed by atoms with Crippen LogP contribution < -0.4 is 4.90 Å². The largest absolute Gasteiger partial charge is 0.310 e. The van der Waals surface area contributed by atoms with Crippen LogP contribution in [0.15, 0.2) is 158 Å². The summed E-state index contributed by atoms with van der Waals surface area (Å²) in [5.41, 5.74) is 19.0. The maximum atomic E-state index is 2.55. The van der Waals surface area contributed by atoms with Crippen molar-refractivity contribution in [3.8, 4) is 27.9 Å². The number of aryl methyl sites for hydroxylation is 4. The second kappa shape index (κ2) is 11.4. The minimum atomic E-state index is 1.12. The van der Waals surface area contributed by atoms with Crippen LogP contribution in [0.4, 0.5) is 17.1 Å². The summed E-state index contributed by atoms with van der Waals surface area (Å²) in [5.74, 6) is 0. The van der Waals surface area contributed by atoms with Gasteiger partial charge in [-0.25, -0.2) is 0 Å². The molecule has 10 aromatic rings. The molecule has 0 fully saturated rings. The summed E-state index contributed by atoms with van der Waals surface area (Å²) in [6, 6.07) is 59.8. The molecule has 2 heteroatoms. The van der Waals surface area contributed by atoms with Crippen LogP contribution in [0.5, 0.6) is 0 Å². The fraction of sp³-hybridized carbons (Fsp3) is 0.111. The molecule has 0 saturated heterocycles. The van der Waals surface area contributed by atoms with Crippen molar-refractivity contribution in [1.29, 1.82) is 0 Å². The van der Waals surface area contributed by atoms with Crippen LogP contribution in [0.3, 0.4) is 0 Å². The maximum Gasteiger partial charge on any atom is 0.0541 e. The average Bonchev–Trinajstić information content (AvgIpc) is 3.59. The second-order valence-electron chi connectivity index (χ2n) is 16.3. The molecule has 0 radical (unpaired) electrons. The van der Waals surface area contributed by atoms with Gasteiger partial charge < -0.3 is 9.47 Å². The van der Waals surface area contributed by atoms with E-state index < -0.39 is 0 Å². The van der Waals surface area contributed by atoms with Gasteiger partial charge in [0.05, 0.1) is 16.7 Å². The Labute approximate surface area is 325 Å². The van der Waals surface area contributed by atoms with Crippen LogP contribution in [-0.2, 0) is 25.7 Å². The summed E-state index contributed by atoms with van der Waals surface area (Å²) in [5, 5.41) is 10.8. The molecular weight excluding hydrogens is 677 g/mol. The third-order valence-electron chi connectivity index (χ3n) is 13.2. The van der Waals surface area contributed by atoms with Gasteiger partial charge in [0.15, 0.2) is 0 Å². The first-order valence-corrected chi connectivity index (χ1v) is 20.3. The fourth-order valence-corrected chi connectivity index (χ4v) is 10.7. The van der Waals surface area contributed by atoms with Gasteiger partial charge in [-0.1, -0.05) is 78.9 Å². The average molecular weight is 715 g/mol. The summed E-state index contributed by atoms with van der Waals surface area (Å²) in [4.78, 5) is 2.55. The molecule has 3 aliphatic carbocycles. The van der Waals surface area contributed by atoms with Gasteiger partial charge in [0, 0.05) is 27.8 Å². The van der Waals surface area contributed by atoms with Crippen LogP contribution in [0.25, 0.3) is 82.1 Å². The molecule has 9 aromatic carbocycles. The molecule has 0 bridgehead atoms. The van der Waals surface area contributed by atoms with E-state index in [0.717, 1.165) is 12.8 Å². The number of hydrogen-bond acceptors (Lipinski definition) is 1. The molecule has 2 nitrogen and oxygen atoms in total. The molecule has 264 valence electrons. The molecule has 0 atom stereocenters. The number of nitrogens with zero attached hydrogens (tertiary/aromatic N) is 2. The van der Waals surface area contributed by atoms with Gasteiger partial charge in [-0.3, -0.25) is 0 Å². The van der Waals surface area contributed by atoms with Crippen LogP contribution >= 0.6 is 0 Å². The van der Waals surface area contributed by atoms with Crippen molar-refractivity contribution in [2.45, 2.75) is 38.5 Å². The van der Waals surface area contributed by atoms with Crippen molar-refractivity contribution in [3.05, 3.63) is 180 Å². The van der Waals surface area contributed by atoms with Gasteiger partial charge in [-0.15, -0.1) is 0 Å². The molecule has 0 spiro atoms. The Hall–Kier alpha value is -6.64. The predicted molar refractivity (Wildman–Crippen MR) is 236 cm³/mol. The summed E-state index contributed by atoms with van der Waals surface area (Å²) in [6.07, 6.45) is 7.09. The van der Waals surface area contributed by atoms with Crippen molar-refractivity contribution < 1.29 is 0 Å². The first kappa shape index (κ1) is 30.7. The summed E-state index contributed by atoms with van der Waals surface area (Å²) >= 11 is 0. The molecule has 0 unspecified atom stereocenters. The highest BCUT2D eigenvalue weighted by atomic mass is 15.1. The van der Waals surface area contributed by atoms with Crippen molar-refractivity contribution in [2.75, 3.05) is 4.90 Å². The fourth-order valence-electron chi connectivity index (χ4n) is 10.7. The van der Waals surface area contributed by atoms with E-state index in [-0.39, 0.29) is 0 Å². The zero-order valence-electron chi connectivity index (χ0n) is 31.1. The van der Waals surface area contributed by atoms with Gasteiger partial charge >= 0.3 is 0 Å². The zero-order chi connectivity index (χ0) is 36.5. The molecule has 0 saturated carbocycles. The molecular formula is C54H38N2. The topological polar surface area (TPSA) is 8.17 Å². The van der Waals surface area contributed by atoms with Gasteiger partial charge in [0.2, 0.25) is 0 Å². The molecule has 1 aromatic heterocycles. The Bertz CT molecular complexity index is 3260. The minimum absolute atomic E-state index is 1.12. The van der Waals surface area contributed by atoms with E-state index in [1.54, 1.807) is 16.3 Å². The Balaban J connectivity index is 0.937. The Kier molecular flexibility index (Phi) is 6.27. The lowest BCUT2D eigenvalue weighted by atomic mass is 9.78. The molecule has 0 aliphatic heterocycles. The SMILES string of the molecule is c1ccc(N(c2ccc3cc4c(cc3c2)-c2cc3ccc(-n5c6ccccc6c6ccccc65)cc3cc2-4)c2cc3c4c(ccc5c4c2CCC5)CCC3)cc1. The maximum absolute atomic E-state index is 2.55. The van der Waals surface area contributed by atoms with Gasteiger partial charge in [-0.2, -0.15) is 0 Å². The van der Waals surface area contributed by atoms with Gasteiger partial charge in [0.1, 0.15) is 0 Å². The van der Waals surface area contributed by atoms with E-state index in [1.807, 2.05) is 0 Å². The number of para-hydroxylation sites is 3. The van der Waals surface area contributed by atoms with Crippen LogP contribution in [0, 0.1) is 0 Å². The van der Waals surface area contributed by atoms with Crippen molar-refractivity contribution >= 4 is 71.2 Å². The molecule has 0 N–H and O–H groups in total. The van der Waals surface area contributed by atoms with E-state index >= 15 is 0 Å². The van der Waals surface area contributed by atoms with Crippen molar-refractivity contribution in [2.24, 2.45) is 0 Å². The summed E-state index contributed by atoms with van der Waals surface area (Å²) < 4.78 is 2.42. The van der Waals surface area contributed by atoms with Crippen molar-refractivity contribution in [3.63, 3.8) is 0 Å². The van der Waals surface area contributed by atoms with E-state index in [9.17, 15) is 0 Å². The lowest BCUT2D eigenvalue weighted by Gasteiger charge is -2.33. The lowest BCUT2D eigenvalue weighted by molar-refractivity contribution is 0.786. The van der Waals surface area contributed by atoms with Gasteiger partial charge in [-0.05, 0) is 194 Å². The molecule has 1 heterocycles. The third-order valence-corrected chi connectivity index (χ3v) is 13.2. The number of rotatable bonds is 4. The van der Waals surface area contributed by atoms with E-state index in [0.29, 0.717) is 0 Å². The summed E-state index contributed by atoms with van der Waals surface area (Å²) in [7, 11) is 0. The number of aromatic nitrogens is 1. The van der Waals surface area contributed by atoms with Gasteiger partial charge in [0.25, 0.3) is 0 Å². The molecule has 3 aliphatic rings. The number of fused-ring (bicyclic) bond motifs is 9. The van der Waals surface area contributed by atoms with E-state index in [4.69, 9.17) is 0 Å². The van der Waals surface area contributed by atoms with E-state index in [1.165, 1.54) is 131 Å². The predicted octanol–water partition coefficient (Wildman–Crippen LogP) is 14.3. The van der Waals surface area contributed by atoms with Crippen molar-refractivity contribution in [1.82, 2.24) is 4.57 Å². The van der Waals surface area contributed by atoms with E-state index in [2.05, 4.69) is 167 Å². The standard InChI is InChI=1S/C54H38N2/c1-2-13-40(14-3-1)55(52-32-37-12-8-10-33-20-21-34-11-9-17-45(52)54(34)53(33)37)41-24-22-35-28-46-48(30-38(35)26-41)47-29-36-23-25-42(27-39(36)31-49(46)47)56-50-18-6-4-15-43(50)44-16-5-7-19-51(44)56/h1-7,13-16,18-32H,8-12,17H2. The third kappa shape index (κ3) is 4.27. The number of anilines is 3. The first-order chi connectivity index (χ1) is 27.7. The second-order valence-corrected chi connectivity index (χ2v) is 16.3. The minimum Gasteiger partial charge on any atom is -0.310 e. The monoisotopic (exact) mass is 714 g/mol. The smallest absolute Gasteiger partial charge is 0.0541 e. The number of benzene rings is 9. The van der Waals surface area contributed by atoms with Crippen LogP contribution in [0.1, 0.15) is 35.1 Å². The quantitative estimate of drug-likeness (QED) is 0.176.